The fourth-order valence-electron chi connectivity index (χ4n) is 0.521. The first kappa shape index (κ1) is 8.98. The van der Waals surface area contributed by atoms with Crippen LogP contribution in [0.3, 0.4) is 0 Å². The van der Waals surface area contributed by atoms with Crippen molar-refractivity contribution in [1.82, 2.24) is 4.98 Å². The molecule has 0 radical (unpaired) electrons. The number of rotatable bonds is 2. The fraction of sp³-hybridized carbons (Fsp3) is 0.200. The number of nitrogens with one attached hydrogen (secondary N) is 1. The van der Waals surface area contributed by atoms with Gasteiger partial charge in [-0.25, -0.2) is 4.98 Å². The van der Waals surface area contributed by atoms with Crippen molar-refractivity contribution in [3.8, 4) is 0 Å². The summed E-state index contributed by atoms with van der Waals surface area (Å²) >= 11 is 0.728. The number of nitrogens with zero attached hydrogens (tertiary/aromatic N) is 1. The van der Waals surface area contributed by atoms with Crippen LogP contribution in [0.1, 0.15) is 5.69 Å². The minimum Gasteiger partial charge on any atom is -0.305 e. The molecule has 0 aromatic carbocycles. The summed E-state index contributed by atoms with van der Waals surface area (Å²) in [6.07, 6.45) is -4.17. The predicted molar refractivity (Wildman–Crippen MR) is 36.8 cm³/mol. The van der Waals surface area contributed by atoms with Gasteiger partial charge in [0.25, 0.3) is 0 Å². The van der Waals surface area contributed by atoms with Crippen LogP contribution >= 0.6 is 11.3 Å². The zero-order valence-corrected chi connectivity index (χ0v) is 6.37. The highest BCUT2D eigenvalue weighted by atomic mass is 32.1. The molecule has 1 heterocycles. The average Bonchev–Trinajstić information content (AvgIpc) is 2.35. The van der Waals surface area contributed by atoms with Crippen molar-refractivity contribution >= 4 is 22.9 Å². The van der Waals surface area contributed by atoms with E-state index in [1.807, 2.05) is 5.32 Å². The van der Waals surface area contributed by atoms with Crippen molar-refractivity contribution < 1.29 is 18.0 Å². The van der Waals surface area contributed by atoms with Crippen LogP contribution in [-0.2, 0) is 11.0 Å². The SMILES string of the molecule is O=CNc1nc(C(F)(F)F)cs1. The monoisotopic (exact) mass is 196 g/mol. The third kappa shape index (κ3) is 1.94. The zero-order valence-electron chi connectivity index (χ0n) is 5.55. The predicted octanol–water partition coefficient (Wildman–Crippen LogP) is 1.73. The Bertz CT molecular complexity index is 282. The Hall–Kier alpha value is -1.11. The summed E-state index contributed by atoms with van der Waals surface area (Å²) in [7, 11) is 0. The normalized spacial score (nSPS) is 11.2. The van der Waals surface area contributed by atoms with Gasteiger partial charge < -0.3 is 5.32 Å². The lowest BCUT2D eigenvalue weighted by atomic mass is 10.5. The molecule has 0 aliphatic heterocycles. The first-order valence-corrected chi connectivity index (χ1v) is 3.65. The number of alkyl halides is 3. The van der Waals surface area contributed by atoms with Crippen molar-refractivity contribution in [3.63, 3.8) is 0 Å². The molecule has 0 atom stereocenters. The molecule has 0 bridgehead atoms. The van der Waals surface area contributed by atoms with Crippen LogP contribution in [0.2, 0.25) is 0 Å². The third-order valence-corrected chi connectivity index (χ3v) is 1.75. The molecule has 0 saturated heterocycles. The van der Waals surface area contributed by atoms with Gasteiger partial charge in [-0.1, -0.05) is 0 Å². The highest BCUT2D eigenvalue weighted by Gasteiger charge is 2.33. The molecule has 66 valence electrons. The van der Waals surface area contributed by atoms with Gasteiger partial charge >= 0.3 is 6.18 Å². The first-order chi connectivity index (χ1) is 5.54. The van der Waals surface area contributed by atoms with Crippen molar-refractivity contribution in [2.24, 2.45) is 0 Å². The van der Waals surface area contributed by atoms with Gasteiger partial charge in [0, 0.05) is 5.38 Å². The quantitative estimate of drug-likeness (QED) is 0.732. The van der Waals surface area contributed by atoms with Gasteiger partial charge in [0.2, 0.25) is 6.41 Å². The van der Waals surface area contributed by atoms with E-state index < -0.39 is 11.9 Å². The van der Waals surface area contributed by atoms with E-state index in [-0.39, 0.29) is 11.5 Å². The molecular weight excluding hydrogens is 193 g/mol. The van der Waals surface area contributed by atoms with E-state index in [0.29, 0.717) is 0 Å². The van der Waals surface area contributed by atoms with Gasteiger partial charge in [-0.2, -0.15) is 13.2 Å². The lowest BCUT2D eigenvalue weighted by Gasteiger charge is -1.99. The standard InChI is InChI=1S/C5H3F3N2OS/c6-5(7,8)3-1-12-4(10-3)9-2-11/h1-2H,(H,9,10,11). The highest BCUT2D eigenvalue weighted by molar-refractivity contribution is 7.13. The van der Waals surface area contributed by atoms with Crippen LogP contribution in [0, 0.1) is 0 Å². The summed E-state index contributed by atoms with van der Waals surface area (Å²) < 4.78 is 35.6. The molecule has 0 saturated carbocycles. The third-order valence-electron chi connectivity index (χ3n) is 0.977. The summed E-state index contributed by atoms with van der Waals surface area (Å²) in [5.74, 6) is 0. The number of anilines is 1. The van der Waals surface area contributed by atoms with Gasteiger partial charge in [-0.15, -0.1) is 11.3 Å². The van der Waals surface area contributed by atoms with Crippen LogP contribution in [0.25, 0.3) is 0 Å². The van der Waals surface area contributed by atoms with E-state index in [1.54, 1.807) is 0 Å². The van der Waals surface area contributed by atoms with Crippen molar-refractivity contribution in [2.45, 2.75) is 6.18 Å². The number of hydrogen-bond acceptors (Lipinski definition) is 3. The van der Waals surface area contributed by atoms with Crippen molar-refractivity contribution in [2.75, 3.05) is 5.32 Å². The molecule has 0 aliphatic rings. The molecular formula is C5H3F3N2OS. The van der Waals surface area contributed by atoms with E-state index in [4.69, 9.17) is 0 Å². The van der Waals surface area contributed by atoms with Gasteiger partial charge in [-0.3, -0.25) is 4.79 Å². The molecule has 0 fully saturated rings. The van der Waals surface area contributed by atoms with Gasteiger partial charge in [0.1, 0.15) is 0 Å². The molecule has 1 aromatic rings. The van der Waals surface area contributed by atoms with E-state index >= 15 is 0 Å². The molecule has 0 spiro atoms. The minimum atomic E-state index is -4.45. The number of thiazole rings is 1. The fourth-order valence-corrected chi connectivity index (χ4v) is 1.20. The largest absolute Gasteiger partial charge is 0.434 e. The maximum atomic E-state index is 11.9. The van der Waals surface area contributed by atoms with Crippen LogP contribution in [0.4, 0.5) is 18.3 Å². The molecule has 1 rings (SSSR count). The number of hydrogen-bond donors (Lipinski definition) is 1. The summed E-state index contributed by atoms with van der Waals surface area (Å²) in [5.41, 5.74) is -0.989. The molecule has 3 nitrogen and oxygen atoms in total. The average molecular weight is 196 g/mol. The van der Waals surface area contributed by atoms with Crippen molar-refractivity contribution in [1.29, 1.82) is 0 Å². The van der Waals surface area contributed by atoms with E-state index in [2.05, 4.69) is 4.98 Å². The smallest absolute Gasteiger partial charge is 0.305 e. The Morgan fingerprint density at radius 2 is 2.25 bits per heavy atom. The Morgan fingerprint density at radius 1 is 1.58 bits per heavy atom. The molecule has 0 aliphatic carbocycles. The van der Waals surface area contributed by atoms with Crippen LogP contribution < -0.4 is 5.32 Å². The highest BCUT2D eigenvalue weighted by Crippen LogP contribution is 2.31. The molecule has 0 unspecified atom stereocenters. The number of aromatic nitrogens is 1. The summed E-state index contributed by atoms with van der Waals surface area (Å²) in [4.78, 5) is 12.9. The van der Waals surface area contributed by atoms with Gasteiger partial charge in [0.15, 0.2) is 10.8 Å². The Balaban J connectivity index is 2.84. The molecule has 1 amide bonds. The van der Waals surface area contributed by atoms with E-state index in [0.717, 1.165) is 16.7 Å². The molecule has 1 aromatic heterocycles. The van der Waals surface area contributed by atoms with Crippen LogP contribution in [0.15, 0.2) is 5.38 Å². The van der Waals surface area contributed by atoms with Crippen LogP contribution in [-0.4, -0.2) is 11.4 Å². The van der Waals surface area contributed by atoms with E-state index in [1.165, 1.54) is 0 Å². The second kappa shape index (κ2) is 3.10. The maximum absolute atomic E-state index is 11.9. The molecule has 12 heavy (non-hydrogen) atoms. The number of amides is 1. The van der Waals surface area contributed by atoms with Gasteiger partial charge in [-0.05, 0) is 0 Å². The lowest BCUT2D eigenvalue weighted by Crippen LogP contribution is -2.05. The molecule has 1 N–H and O–H groups in total. The second-order valence-corrected chi connectivity index (χ2v) is 2.66. The van der Waals surface area contributed by atoms with Gasteiger partial charge in [0.05, 0.1) is 0 Å². The minimum absolute atomic E-state index is 0.0580. The Labute approximate surface area is 69.2 Å². The molecule has 7 heteroatoms. The summed E-state index contributed by atoms with van der Waals surface area (Å²) in [6.45, 7) is 0. The van der Waals surface area contributed by atoms with E-state index in [9.17, 15) is 18.0 Å². The Kier molecular flexibility index (Phi) is 2.32. The number of carbonyl (C=O) groups excluding carboxylic acids is 1. The first-order valence-electron chi connectivity index (χ1n) is 2.77. The number of halogens is 3. The van der Waals surface area contributed by atoms with Crippen LogP contribution in [0.5, 0.6) is 0 Å². The topological polar surface area (TPSA) is 42.0 Å². The maximum Gasteiger partial charge on any atom is 0.434 e. The zero-order chi connectivity index (χ0) is 9.19. The summed E-state index contributed by atoms with van der Waals surface area (Å²) in [6, 6.07) is 0. The Morgan fingerprint density at radius 3 is 2.67 bits per heavy atom. The van der Waals surface area contributed by atoms with Crippen molar-refractivity contribution in [3.05, 3.63) is 11.1 Å². The number of carbonyl (C=O) groups is 1. The lowest BCUT2D eigenvalue weighted by molar-refractivity contribution is -0.140. The second-order valence-electron chi connectivity index (χ2n) is 1.80. The summed E-state index contributed by atoms with van der Waals surface area (Å²) in [5, 5.41) is 2.81.